The number of carbonyl (C=O) groups excluding carboxylic acids is 1. The van der Waals surface area contributed by atoms with Gasteiger partial charge in [-0.25, -0.2) is 9.37 Å². The molecule has 156 valence electrons. The SMILES string of the molecule is Cn1cc(C2CC2C(=O)N(Cc2ccccc2)c2nc(-c3ccc(F)cc3)cs2)cn1. The van der Waals surface area contributed by atoms with Crippen molar-refractivity contribution in [1.82, 2.24) is 14.8 Å². The van der Waals surface area contributed by atoms with Gasteiger partial charge in [0.15, 0.2) is 5.13 Å². The van der Waals surface area contributed by atoms with Crippen LogP contribution >= 0.6 is 11.3 Å². The van der Waals surface area contributed by atoms with E-state index in [4.69, 9.17) is 4.98 Å². The fraction of sp³-hybridized carbons (Fsp3) is 0.208. The van der Waals surface area contributed by atoms with E-state index in [-0.39, 0.29) is 23.6 Å². The van der Waals surface area contributed by atoms with Gasteiger partial charge in [0, 0.05) is 30.1 Å². The third-order valence-electron chi connectivity index (χ3n) is 5.57. The Balaban J connectivity index is 1.42. The minimum Gasteiger partial charge on any atom is -0.283 e. The molecule has 2 aromatic carbocycles. The van der Waals surface area contributed by atoms with Crippen LogP contribution in [0.25, 0.3) is 11.3 Å². The summed E-state index contributed by atoms with van der Waals surface area (Å²) in [6.07, 6.45) is 4.65. The fourth-order valence-corrected chi connectivity index (χ4v) is 4.65. The molecule has 2 aromatic heterocycles. The number of benzene rings is 2. The first-order valence-electron chi connectivity index (χ1n) is 10.1. The van der Waals surface area contributed by atoms with Gasteiger partial charge in [-0.15, -0.1) is 11.3 Å². The molecule has 2 atom stereocenters. The molecule has 5 nitrogen and oxygen atoms in total. The van der Waals surface area contributed by atoms with Gasteiger partial charge in [0.05, 0.1) is 18.4 Å². The number of carbonyl (C=O) groups is 1. The number of hydrogen-bond donors (Lipinski definition) is 0. The maximum atomic E-state index is 13.5. The highest BCUT2D eigenvalue weighted by molar-refractivity contribution is 7.14. The van der Waals surface area contributed by atoms with Crippen LogP contribution in [0, 0.1) is 11.7 Å². The third kappa shape index (κ3) is 4.14. The fourth-order valence-electron chi connectivity index (χ4n) is 3.82. The summed E-state index contributed by atoms with van der Waals surface area (Å²) in [5, 5.41) is 6.81. The summed E-state index contributed by atoms with van der Waals surface area (Å²) in [6.45, 7) is 0.465. The molecule has 0 saturated heterocycles. The summed E-state index contributed by atoms with van der Waals surface area (Å²) in [4.78, 5) is 20.0. The Morgan fingerprint density at radius 3 is 2.68 bits per heavy atom. The normalized spacial score (nSPS) is 17.5. The Bertz CT molecular complexity index is 1200. The first-order chi connectivity index (χ1) is 15.1. The Kier molecular flexibility index (Phi) is 5.11. The third-order valence-corrected chi connectivity index (χ3v) is 6.44. The van der Waals surface area contributed by atoms with Crippen molar-refractivity contribution < 1.29 is 9.18 Å². The van der Waals surface area contributed by atoms with Gasteiger partial charge < -0.3 is 0 Å². The van der Waals surface area contributed by atoms with Gasteiger partial charge in [-0.05, 0) is 47.7 Å². The van der Waals surface area contributed by atoms with Gasteiger partial charge in [0.1, 0.15) is 5.82 Å². The maximum Gasteiger partial charge on any atom is 0.232 e. The van der Waals surface area contributed by atoms with Gasteiger partial charge in [0.2, 0.25) is 5.91 Å². The molecule has 1 aliphatic rings. The lowest BCUT2D eigenvalue weighted by atomic mass is 10.1. The van der Waals surface area contributed by atoms with Gasteiger partial charge >= 0.3 is 0 Å². The number of thiazole rings is 1. The maximum absolute atomic E-state index is 13.5. The van der Waals surface area contributed by atoms with Crippen LogP contribution in [0.4, 0.5) is 9.52 Å². The quantitative estimate of drug-likeness (QED) is 0.430. The minimum absolute atomic E-state index is 0.0638. The number of amides is 1. The molecule has 2 unspecified atom stereocenters. The summed E-state index contributed by atoms with van der Waals surface area (Å²) in [7, 11) is 1.89. The first-order valence-corrected chi connectivity index (χ1v) is 11.0. The van der Waals surface area contributed by atoms with E-state index in [1.54, 1.807) is 21.7 Å². The summed E-state index contributed by atoms with van der Waals surface area (Å²) in [5.74, 6) is -0.0601. The summed E-state index contributed by atoms with van der Waals surface area (Å²) in [5.41, 5.74) is 3.72. The number of aromatic nitrogens is 3. The van der Waals surface area contributed by atoms with E-state index >= 15 is 0 Å². The molecule has 0 radical (unpaired) electrons. The smallest absolute Gasteiger partial charge is 0.232 e. The zero-order chi connectivity index (χ0) is 21.4. The van der Waals surface area contributed by atoms with Crippen molar-refractivity contribution in [2.24, 2.45) is 13.0 Å². The average molecular weight is 433 g/mol. The van der Waals surface area contributed by atoms with E-state index in [0.717, 1.165) is 28.8 Å². The predicted molar refractivity (Wildman–Crippen MR) is 119 cm³/mol. The molecular formula is C24H21FN4OS. The average Bonchev–Trinajstić information content (AvgIpc) is 3.21. The van der Waals surface area contributed by atoms with Crippen molar-refractivity contribution in [3.63, 3.8) is 0 Å². The van der Waals surface area contributed by atoms with E-state index in [0.29, 0.717) is 11.7 Å². The Morgan fingerprint density at radius 2 is 1.97 bits per heavy atom. The monoisotopic (exact) mass is 432 g/mol. The highest BCUT2D eigenvalue weighted by Gasteiger charge is 2.47. The topological polar surface area (TPSA) is 51.0 Å². The molecule has 5 rings (SSSR count). The summed E-state index contributed by atoms with van der Waals surface area (Å²) >= 11 is 1.43. The number of aryl methyl sites for hydroxylation is 1. The number of hydrogen-bond acceptors (Lipinski definition) is 4. The Labute approximate surface area is 183 Å². The van der Waals surface area contributed by atoms with Crippen LogP contribution in [-0.2, 0) is 18.4 Å². The van der Waals surface area contributed by atoms with Crippen molar-refractivity contribution in [3.05, 3.63) is 89.3 Å². The molecule has 4 aromatic rings. The Morgan fingerprint density at radius 1 is 1.19 bits per heavy atom. The van der Waals surface area contributed by atoms with Crippen molar-refractivity contribution in [2.75, 3.05) is 4.90 Å². The van der Waals surface area contributed by atoms with Crippen molar-refractivity contribution in [1.29, 1.82) is 0 Å². The number of nitrogens with zero attached hydrogens (tertiary/aromatic N) is 4. The van der Waals surface area contributed by atoms with E-state index in [2.05, 4.69) is 5.10 Å². The van der Waals surface area contributed by atoms with Gasteiger partial charge in [-0.1, -0.05) is 30.3 Å². The second-order valence-corrected chi connectivity index (χ2v) is 8.66. The van der Waals surface area contributed by atoms with Crippen LogP contribution in [0.3, 0.4) is 0 Å². The molecule has 0 bridgehead atoms. The van der Waals surface area contributed by atoms with Crippen LogP contribution < -0.4 is 4.90 Å². The second-order valence-electron chi connectivity index (χ2n) is 7.83. The van der Waals surface area contributed by atoms with Crippen LogP contribution in [0.2, 0.25) is 0 Å². The lowest BCUT2D eigenvalue weighted by Crippen LogP contribution is -2.32. The predicted octanol–water partition coefficient (Wildman–Crippen LogP) is 5.02. The van der Waals surface area contributed by atoms with Crippen molar-refractivity contribution >= 4 is 22.4 Å². The van der Waals surface area contributed by atoms with Gasteiger partial charge in [0.25, 0.3) is 0 Å². The largest absolute Gasteiger partial charge is 0.283 e. The van der Waals surface area contributed by atoms with Gasteiger partial charge in [-0.3, -0.25) is 14.4 Å². The van der Waals surface area contributed by atoms with Crippen molar-refractivity contribution in [3.8, 4) is 11.3 Å². The highest BCUT2D eigenvalue weighted by atomic mass is 32.1. The lowest BCUT2D eigenvalue weighted by molar-refractivity contribution is -0.120. The van der Waals surface area contributed by atoms with Crippen LogP contribution in [0.1, 0.15) is 23.5 Å². The minimum atomic E-state index is -0.282. The molecule has 0 aliphatic heterocycles. The molecule has 31 heavy (non-hydrogen) atoms. The molecule has 1 amide bonds. The first kappa shape index (κ1) is 19.6. The van der Waals surface area contributed by atoms with Crippen LogP contribution in [-0.4, -0.2) is 20.7 Å². The molecule has 1 saturated carbocycles. The van der Waals surface area contributed by atoms with E-state index in [1.165, 1.54) is 23.5 Å². The van der Waals surface area contributed by atoms with E-state index in [1.807, 2.05) is 55.2 Å². The molecule has 7 heteroatoms. The number of halogens is 1. The van der Waals surface area contributed by atoms with E-state index in [9.17, 15) is 9.18 Å². The van der Waals surface area contributed by atoms with Crippen LogP contribution in [0.15, 0.2) is 72.4 Å². The number of anilines is 1. The van der Waals surface area contributed by atoms with Gasteiger partial charge in [-0.2, -0.15) is 5.10 Å². The second kappa shape index (κ2) is 8.07. The van der Waals surface area contributed by atoms with Crippen LogP contribution in [0.5, 0.6) is 0 Å². The van der Waals surface area contributed by atoms with E-state index < -0.39 is 0 Å². The standard InChI is InChI=1S/C24H21FN4OS/c1-28-14-18(12-26-28)20-11-21(20)23(30)29(13-16-5-3-2-4-6-16)24-27-22(15-31-24)17-7-9-19(25)10-8-17/h2-10,12,14-15,20-21H,11,13H2,1H3. The molecule has 1 fully saturated rings. The molecular weight excluding hydrogens is 411 g/mol. The van der Waals surface area contributed by atoms with Crippen molar-refractivity contribution in [2.45, 2.75) is 18.9 Å². The zero-order valence-electron chi connectivity index (χ0n) is 17.0. The molecule has 2 heterocycles. The summed E-state index contributed by atoms with van der Waals surface area (Å²) < 4.78 is 15.1. The summed E-state index contributed by atoms with van der Waals surface area (Å²) in [6, 6.07) is 16.2. The number of rotatable bonds is 6. The molecule has 0 spiro atoms. The highest BCUT2D eigenvalue weighted by Crippen LogP contribution is 2.49. The Hall–Kier alpha value is -3.32. The molecule has 1 aliphatic carbocycles. The molecule has 0 N–H and O–H groups in total. The lowest BCUT2D eigenvalue weighted by Gasteiger charge is -2.20. The zero-order valence-corrected chi connectivity index (χ0v) is 17.8.